The van der Waals surface area contributed by atoms with Crippen molar-refractivity contribution in [3.05, 3.63) is 57.1 Å². The number of β-amino-alcohol motifs (C(OH)–C–C–N with tert-alkyl or cyclic N) is 1. The molecule has 0 radical (unpaired) electrons. The van der Waals surface area contributed by atoms with Gasteiger partial charge in [-0.2, -0.15) is 4.57 Å². The van der Waals surface area contributed by atoms with Crippen LogP contribution in [0.2, 0.25) is 0 Å². The first kappa shape index (κ1) is 25.7. The molecule has 1 fully saturated rings. The Hall–Kier alpha value is -2.42. The number of benzene rings is 1. The third-order valence-electron chi connectivity index (χ3n) is 6.96. The van der Waals surface area contributed by atoms with E-state index in [4.69, 9.17) is 0 Å². The number of aliphatic hydroxyl groups excluding tert-OH is 1. The highest BCUT2D eigenvalue weighted by molar-refractivity contribution is 7.13. The van der Waals surface area contributed by atoms with Crippen LogP contribution in [0.25, 0.3) is 10.4 Å². The fraction of sp³-hybridized carbons (Fsp3) is 0.481. The van der Waals surface area contributed by atoms with Crippen LogP contribution in [0.4, 0.5) is 0 Å². The second kappa shape index (κ2) is 10.7. The molecule has 0 aliphatic carbocycles. The summed E-state index contributed by atoms with van der Waals surface area (Å²) >= 11 is 3.21. The van der Waals surface area contributed by atoms with Crippen LogP contribution in [0.5, 0.6) is 0 Å². The normalized spacial score (nSPS) is 18.9. The molecule has 3 heterocycles. The van der Waals surface area contributed by atoms with Gasteiger partial charge in [-0.1, -0.05) is 49.4 Å². The number of ketones is 1. The molecular weight excluding hydrogens is 478 g/mol. The fourth-order valence-corrected chi connectivity index (χ4v) is 6.90. The van der Waals surface area contributed by atoms with Crippen LogP contribution in [-0.4, -0.2) is 45.4 Å². The molecular formula is C27H34N3O3S2+. The van der Waals surface area contributed by atoms with Gasteiger partial charge < -0.3 is 10.0 Å². The molecule has 0 spiro atoms. The summed E-state index contributed by atoms with van der Waals surface area (Å²) in [5.41, 5.74) is 6.20. The highest BCUT2D eigenvalue weighted by Crippen LogP contribution is 2.32. The summed E-state index contributed by atoms with van der Waals surface area (Å²) in [6.45, 7) is 8.33. The largest absolute Gasteiger partial charge is 0.391 e. The summed E-state index contributed by atoms with van der Waals surface area (Å²) in [6.07, 6.45) is 0.608. The number of carbonyl (C=O) groups excluding carboxylic acids is 2. The topological polar surface area (TPSA) is 74.4 Å². The molecule has 8 heteroatoms. The van der Waals surface area contributed by atoms with Gasteiger partial charge in [0.05, 0.1) is 33.6 Å². The number of aryl methyl sites for hydroxylation is 3. The first-order valence-corrected chi connectivity index (χ1v) is 13.9. The van der Waals surface area contributed by atoms with Gasteiger partial charge in [-0.05, 0) is 30.4 Å². The first-order valence-electron chi connectivity index (χ1n) is 12.1. The molecule has 3 aromatic rings. The lowest BCUT2D eigenvalue weighted by Crippen LogP contribution is -2.47. The molecule has 0 saturated carbocycles. The van der Waals surface area contributed by atoms with E-state index in [1.54, 1.807) is 27.6 Å². The molecule has 3 atom stereocenters. The van der Waals surface area contributed by atoms with Crippen molar-refractivity contribution in [3.63, 3.8) is 0 Å². The zero-order valence-corrected chi connectivity index (χ0v) is 22.7. The van der Waals surface area contributed by atoms with Crippen LogP contribution in [0.3, 0.4) is 0 Å². The van der Waals surface area contributed by atoms with Gasteiger partial charge in [-0.3, -0.25) is 9.59 Å². The third kappa shape index (κ3) is 5.39. The number of likely N-dealkylation sites (tertiary alicyclic amines) is 1. The van der Waals surface area contributed by atoms with E-state index in [2.05, 4.69) is 39.2 Å². The smallest absolute Gasteiger partial charge is 0.250 e. The maximum absolute atomic E-state index is 13.7. The minimum absolute atomic E-state index is 0.0199. The van der Waals surface area contributed by atoms with Crippen molar-refractivity contribution in [2.75, 3.05) is 6.54 Å². The van der Waals surface area contributed by atoms with Crippen LogP contribution < -0.4 is 4.57 Å². The van der Waals surface area contributed by atoms with Gasteiger partial charge in [0.25, 0.3) is 0 Å². The van der Waals surface area contributed by atoms with Crippen molar-refractivity contribution in [2.45, 2.75) is 65.0 Å². The number of rotatable bonds is 8. The van der Waals surface area contributed by atoms with Gasteiger partial charge in [0.15, 0.2) is 11.5 Å². The second-order valence-corrected chi connectivity index (χ2v) is 11.6. The Bertz CT molecular complexity index is 1200. The number of amides is 1. The molecule has 1 aliphatic rings. The van der Waals surface area contributed by atoms with Crippen molar-refractivity contribution in [3.8, 4) is 10.4 Å². The van der Waals surface area contributed by atoms with E-state index >= 15 is 0 Å². The average Bonchev–Trinajstić information content (AvgIpc) is 3.52. The van der Waals surface area contributed by atoms with Gasteiger partial charge in [0, 0.05) is 26.3 Å². The van der Waals surface area contributed by atoms with E-state index in [9.17, 15) is 14.7 Å². The molecule has 2 aromatic heterocycles. The van der Waals surface area contributed by atoms with Gasteiger partial charge in [-0.15, -0.1) is 11.3 Å². The molecule has 1 aliphatic heterocycles. The Morgan fingerprint density at radius 2 is 1.91 bits per heavy atom. The monoisotopic (exact) mass is 512 g/mol. The van der Waals surface area contributed by atoms with E-state index in [0.29, 0.717) is 19.3 Å². The molecule has 186 valence electrons. The Labute approximate surface area is 215 Å². The summed E-state index contributed by atoms with van der Waals surface area (Å²) < 4.78 is 2.06. The standard InChI is InChI=1S/C27H34N3O3S2/c1-16(2)24(27-29(5)17(3)14-34-27)26(33)30-13-21(31)12-22(30)23(32)11-8-19-6-9-20(10-7-19)25-18(4)28-15-35-25/h6-7,9-10,14-16,21-22,24,31H,8,11-13H2,1-5H3/q+1/t21-,22+,24+/m1/s1. The van der Waals surface area contributed by atoms with Gasteiger partial charge in [0.2, 0.25) is 10.9 Å². The molecule has 0 unspecified atom stereocenters. The summed E-state index contributed by atoms with van der Waals surface area (Å²) in [7, 11) is 1.98. The number of Topliss-reactive ketones (excluding diaryl/α,β-unsaturated/α-hetero) is 1. The van der Waals surface area contributed by atoms with Crippen LogP contribution in [0, 0.1) is 19.8 Å². The Balaban J connectivity index is 1.45. The van der Waals surface area contributed by atoms with Crippen molar-refractivity contribution in [2.24, 2.45) is 13.0 Å². The quantitative estimate of drug-likeness (QED) is 0.459. The minimum atomic E-state index is -0.665. The fourth-order valence-electron chi connectivity index (χ4n) is 4.81. The van der Waals surface area contributed by atoms with E-state index in [1.165, 1.54) is 0 Å². The number of hydrogen-bond donors (Lipinski definition) is 1. The Morgan fingerprint density at radius 1 is 1.20 bits per heavy atom. The van der Waals surface area contributed by atoms with Crippen molar-refractivity contribution in [1.29, 1.82) is 0 Å². The van der Waals surface area contributed by atoms with Crippen LogP contribution >= 0.6 is 22.7 Å². The maximum atomic E-state index is 13.7. The summed E-state index contributed by atoms with van der Waals surface area (Å²) in [6, 6.07) is 7.70. The number of aliphatic hydroxyl groups is 1. The highest BCUT2D eigenvalue weighted by atomic mass is 32.1. The van der Waals surface area contributed by atoms with Crippen molar-refractivity contribution >= 4 is 34.4 Å². The second-order valence-electron chi connectivity index (χ2n) is 9.82. The van der Waals surface area contributed by atoms with Gasteiger partial charge in [0.1, 0.15) is 13.0 Å². The zero-order valence-electron chi connectivity index (χ0n) is 21.0. The number of thiazole rings is 2. The lowest BCUT2D eigenvalue weighted by molar-refractivity contribution is -0.680. The molecule has 4 rings (SSSR count). The highest BCUT2D eigenvalue weighted by Gasteiger charge is 2.44. The lowest BCUT2D eigenvalue weighted by Gasteiger charge is -2.28. The third-order valence-corrected chi connectivity index (χ3v) is 9.17. The lowest BCUT2D eigenvalue weighted by atomic mass is 9.93. The number of hydrogen-bond acceptors (Lipinski definition) is 6. The minimum Gasteiger partial charge on any atom is -0.391 e. The molecule has 1 saturated heterocycles. The molecule has 1 amide bonds. The number of nitrogens with zero attached hydrogens (tertiary/aromatic N) is 3. The Morgan fingerprint density at radius 3 is 2.49 bits per heavy atom. The molecule has 6 nitrogen and oxygen atoms in total. The SMILES string of the molecule is Cc1ncsc1-c1ccc(CCC(=O)[C@@H]2C[C@@H](O)CN2C(=O)[C@@H](c2scc(C)[n+]2C)C(C)C)cc1. The maximum Gasteiger partial charge on any atom is 0.250 e. The van der Waals surface area contributed by atoms with Crippen molar-refractivity contribution < 1.29 is 19.3 Å². The van der Waals surface area contributed by atoms with E-state index in [1.807, 2.05) is 40.3 Å². The average molecular weight is 513 g/mol. The predicted molar refractivity (Wildman–Crippen MR) is 140 cm³/mol. The van der Waals surface area contributed by atoms with E-state index < -0.39 is 12.1 Å². The van der Waals surface area contributed by atoms with Crippen LogP contribution in [-0.2, 0) is 23.1 Å². The van der Waals surface area contributed by atoms with Gasteiger partial charge in [-0.25, -0.2) is 4.98 Å². The molecule has 1 aromatic carbocycles. The number of carbonyl (C=O) groups is 2. The van der Waals surface area contributed by atoms with E-state index in [-0.39, 0.29) is 30.1 Å². The summed E-state index contributed by atoms with van der Waals surface area (Å²) in [4.78, 5) is 34.1. The van der Waals surface area contributed by atoms with E-state index in [0.717, 1.165) is 32.4 Å². The first-order chi connectivity index (χ1) is 16.7. The molecule has 1 N–H and O–H groups in total. The molecule has 0 bridgehead atoms. The molecule has 35 heavy (non-hydrogen) atoms. The number of aromatic nitrogens is 2. The van der Waals surface area contributed by atoms with Crippen LogP contribution in [0.1, 0.15) is 54.6 Å². The summed E-state index contributed by atoms with van der Waals surface area (Å²) in [5, 5.41) is 13.4. The predicted octanol–water partition coefficient (Wildman–Crippen LogP) is 4.22. The zero-order chi connectivity index (χ0) is 25.3. The Kier molecular flexibility index (Phi) is 7.83. The van der Waals surface area contributed by atoms with Crippen LogP contribution in [0.15, 0.2) is 35.2 Å². The van der Waals surface area contributed by atoms with Crippen molar-refractivity contribution in [1.82, 2.24) is 9.88 Å². The van der Waals surface area contributed by atoms with Gasteiger partial charge >= 0.3 is 0 Å². The summed E-state index contributed by atoms with van der Waals surface area (Å²) in [5.74, 6) is -0.286.